The van der Waals surface area contributed by atoms with E-state index in [0.717, 1.165) is 27.7 Å². The Labute approximate surface area is 131 Å². The molecule has 0 aliphatic heterocycles. The third-order valence-electron chi connectivity index (χ3n) is 3.24. The van der Waals surface area contributed by atoms with Crippen molar-refractivity contribution in [1.29, 1.82) is 0 Å². The van der Waals surface area contributed by atoms with Gasteiger partial charge in [-0.2, -0.15) is 5.10 Å². The summed E-state index contributed by atoms with van der Waals surface area (Å²) in [6.07, 6.45) is 0. The van der Waals surface area contributed by atoms with E-state index in [9.17, 15) is 0 Å². The van der Waals surface area contributed by atoms with Gasteiger partial charge in [-0.15, -0.1) is 0 Å². The molecule has 1 heterocycles. The summed E-state index contributed by atoms with van der Waals surface area (Å²) in [5.74, 6) is 0.814. The Bertz CT molecular complexity index is 608. The van der Waals surface area contributed by atoms with Crippen LogP contribution in [0.4, 0.5) is 0 Å². The van der Waals surface area contributed by atoms with Gasteiger partial charge >= 0.3 is 0 Å². The van der Waals surface area contributed by atoms with Crippen LogP contribution in [0.25, 0.3) is 0 Å². The van der Waals surface area contributed by atoms with Gasteiger partial charge in [0.15, 0.2) is 0 Å². The highest BCUT2D eigenvalue weighted by Crippen LogP contribution is 2.27. The van der Waals surface area contributed by atoms with Crippen LogP contribution in [0.15, 0.2) is 24.3 Å². The van der Waals surface area contributed by atoms with Gasteiger partial charge in [-0.1, -0.05) is 31.5 Å². The molecule has 1 aromatic heterocycles. The maximum absolute atomic E-state index is 6.29. The molecule has 0 aliphatic rings. The fourth-order valence-electron chi connectivity index (χ4n) is 2.10. The summed E-state index contributed by atoms with van der Waals surface area (Å²) in [5.41, 5.74) is 3.02. The Hall–Kier alpha value is -1.52. The molecule has 0 spiro atoms. The molecule has 1 aromatic carbocycles. The monoisotopic (exact) mass is 307 g/mol. The van der Waals surface area contributed by atoms with E-state index in [1.165, 1.54) is 0 Å². The molecule has 2 rings (SSSR count). The van der Waals surface area contributed by atoms with E-state index in [1.54, 1.807) is 0 Å². The van der Waals surface area contributed by atoms with Gasteiger partial charge in [0.05, 0.1) is 11.4 Å². The zero-order valence-corrected chi connectivity index (χ0v) is 13.7. The molecule has 0 amide bonds. The fraction of sp³-hybridized carbons (Fsp3) is 0.438. The van der Waals surface area contributed by atoms with Crippen LogP contribution in [0.1, 0.15) is 30.8 Å². The lowest BCUT2D eigenvalue weighted by atomic mass is 10.2. The number of nitrogens with one attached hydrogen (secondary N) is 1. The van der Waals surface area contributed by atoms with Crippen LogP contribution in [0.3, 0.4) is 0 Å². The van der Waals surface area contributed by atoms with E-state index >= 15 is 0 Å². The largest absolute Gasteiger partial charge is 0.487 e. The van der Waals surface area contributed by atoms with Gasteiger partial charge in [0.1, 0.15) is 12.4 Å². The Morgan fingerprint density at radius 1 is 1.38 bits per heavy atom. The predicted molar refractivity (Wildman–Crippen MR) is 85.7 cm³/mol. The highest BCUT2D eigenvalue weighted by molar-refractivity contribution is 6.31. The predicted octanol–water partition coefficient (Wildman–Crippen LogP) is 3.46. The molecule has 21 heavy (non-hydrogen) atoms. The van der Waals surface area contributed by atoms with Crippen molar-refractivity contribution in [1.82, 2.24) is 15.1 Å². The first-order chi connectivity index (χ1) is 9.97. The first-order valence-corrected chi connectivity index (χ1v) is 7.48. The maximum Gasteiger partial charge on any atom is 0.130 e. The molecule has 114 valence electrons. The van der Waals surface area contributed by atoms with E-state index in [2.05, 4.69) is 24.3 Å². The molecule has 2 aromatic rings. The number of rotatable bonds is 6. The zero-order chi connectivity index (χ0) is 15.4. The van der Waals surface area contributed by atoms with E-state index < -0.39 is 0 Å². The van der Waals surface area contributed by atoms with Gasteiger partial charge in [-0.25, -0.2) is 0 Å². The van der Waals surface area contributed by atoms with Crippen molar-refractivity contribution < 1.29 is 4.74 Å². The molecule has 0 atom stereocenters. The number of benzene rings is 1. The summed E-state index contributed by atoms with van der Waals surface area (Å²) in [4.78, 5) is 0. The van der Waals surface area contributed by atoms with Crippen molar-refractivity contribution in [3.05, 3.63) is 46.2 Å². The van der Waals surface area contributed by atoms with Crippen molar-refractivity contribution in [3.63, 3.8) is 0 Å². The van der Waals surface area contributed by atoms with E-state index in [-0.39, 0.29) is 0 Å². The SMILES string of the molecule is Cc1cc(COc2cccc(Cl)c2CNC(C)C)n(C)n1. The highest BCUT2D eigenvalue weighted by Gasteiger charge is 2.10. The Kier molecular flexibility index (Phi) is 5.26. The third kappa shape index (κ3) is 4.22. The van der Waals surface area contributed by atoms with E-state index in [0.29, 0.717) is 19.2 Å². The minimum atomic E-state index is 0.397. The van der Waals surface area contributed by atoms with Gasteiger partial charge in [-0.3, -0.25) is 4.68 Å². The lowest BCUT2D eigenvalue weighted by molar-refractivity contribution is 0.291. The molecule has 0 radical (unpaired) electrons. The molecule has 0 unspecified atom stereocenters. The van der Waals surface area contributed by atoms with Gasteiger partial charge in [0.2, 0.25) is 0 Å². The minimum Gasteiger partial charge on any atom is -0.487 e. The highest BCUT2D eigenvalue weighted by atomic mass is 35.5. The van der Waals surface area contributed by atoms with Crippen LogP contribution in [0.2, 0.25) is 5.02 Å². The lowest BCUT2D eigenvalue weighted by Gasteiger charge is -2.15. The van der Waals surface area contributed by atoms with Crippen LogP contribution in [0, 0.1) is 6.92 Å². The van der Waals surface area contributed by atoms with Crippen LogP contribution in [0.5, 0.6) is 5.75 Å². The van der Waals surface area contributed by atoms with Crippen molar-refractivity contribution in [3.8, 4) is 5.75 Å². The van der Waals surface area contributed by atoms with Crippen LogP contribution < -0.4 is 10.1 Å². The Morgan fingerprint density at radius 3 is 2.76 bits per heavy atom. The lowest BCUT2D eigenvalue weighted by Crippen LogP contribution is -2.22. The third-order valence-corrected chi connectivity index (χ3v) is 3.59. The Balaban J connectivity index is 2.12. The first kappa shape index (κ1) is 15.9. The quantitative estimate of drug-likeness (QED) is 0.888. The van der Waals surface area contributed by atoms with Crippen LogP contribution >= 0.6 is 11.6 Å². The van der Waals surface area contributed by atoms with Gasteiger partial charge < -0.3 is 10.1 Å². The van der Waals surface area contributed by atoms with Crippen LogP contribution in [-0.4, -0.2) is 15.8 Å². The van der Waals surface area contributed by atoms with Gasteiger partial charge in [0.25, 0.3) is 0 Å². The molecule has 4 nitrogen and oxygen atoms in total. The van der Waals surface area contributed by atoms with E-state index in [1.807, 2.05) is 42.9 Å². The van der Waals surface area contributed by atoms with Crippen LogP contribution in [-0.2, 0) is 20.2 Å². The molecule has 5 heteroatoms. The molecule has 0 fully saturated rings. The molecule has 0 saturated heterocycles. The summed E-state index contributed by atoms with van der Waals surface area (Å²) in [6, 6.07) is 8.17. The normalized spacial score (nSPS) is 11.1. The topological polar surface area (TPSA) is 39.1 Å². The fourth-order valence-corrected chi connectivity index (χ4v) is 2.34. The summed E-state index contributed by atoms with van der Waals surface area (Å²) in [7, 11) is 1.92. The zero-order valence-electron chi connectivity index (χ0n) is 13.0. The van der Waals surface area contributed by atoms with E-state index in [4.69, 9.17) is 16.3 Å². The average molecular weight is 308 g/mol. The number of aromatic nitrogens is 2. The molecule has 1 N–H and O–H groups in total. The summed E-state index contributed by atoms with van der Waals surface area (Å²) < 4.78 is 7.78. The summed E-state index contributed by atoms with van der Waals surface area (Å²) in [5, 5.41) is 8.42. The number of ether oxygens (including phenoxy) is 1. The van der Waals surface area contributed by atoms with Crippen molar-refractivity contribution in [2.75, 3.05) is 0 Å². The minimum absolute atomic E-state index is 0.397. The first-order valence-electron chi connectivity index (χ1n) is 7.10. The van der Waals surface area contributed by atoms with Crippen molar-refractivity contribution in [2.24, 2.45) is 7.05 Å². The van der Waals surface area contributed by atoms with Gasteiger partial charge in [0, 0.05) is 30.2 Å². The molecular formula is C16H22ClN3O. The summed E-state index contributed by atoms with van der Waals surface area (Å²) >= 11 is 6.29. The van der Waals surface area contributed by atoms with Crippen molar-refractivity contribution in [2.45, 2.75) is 40.0 Å². The van der Waals surface area contributed by atoms with Crippen molar-refractivity contribution >= 4 is 11.6 Å². The number of halogens is 1. The molecule has 0 aliphatic carbocycles. The smallest absolute Gasteiger partial charge is 0.130 e. The molecular weight excluding hydrogens is 286 g/mol. The Morgan fingerprint density at radius 2 is 2.14 bits per heavy atom. The number of aryl methyl sites for hydroxylation is 2. The maximum atomic E-state index is 6.29. The second-order valence-corrected chi connectivity index (χ2v) is 5.85. The van der Waals surface area contributed by atoms with Gasteiger partial charge in [-0.05, 0) is 25.1 Å². The number of hydrogen-bond donors (Lipinski definition) is 1. The number of nitrogens with zero attached hydrogens (tertiary/aromatic N) is 2. The molecule has 0 saturated carbocycles. The second-order valence-electron chi connectivity index (χ2n) is 5.44. The average Bonchev–Trinajstić information content (AvgIpc) is 2.73. The standard InChI is InChI=1S/C16H22ClN3O/c1-11(2)18-9-14-15(17)6-5-7-16(14)21-10-13-8-12(3)19-20(13)4/h5-8,11,18H,9-10H2,1-4H3. The second kappa shape index (κ2) is 6.96. The molecule has 0 bridgehead atoms. The number of hydrogen-bond acceptors (Lipinski definition) is 3. The summed E-state index contributed by atoms with van der Waals surface area (Å²) in [6.45, 7) is 7.36.